The van der Waals surface area contributed by atoms with E-state index in [1.807, 2.05) is 29.2 Å². The number of aliphatic hydroxyl groups excluding tert-OH is 1. The number of likely N-dealkylation sites (N-methyl/N-ethyl adjacent to an activating group) is 1. The summed E-state index contributed by atoms with van der Waals surface area (Å²) in [6, 6.07) is 7.29. The molecule has 1 aromatic rings. The van der Waals surface area contributed by atoms with Gasteiger partial charge in [0.25, 0.3) is 5.91 Å². The average molecular weight is 350 g/mol. The molecule has 1 aromatic carbocycles. The number of amides is 2. The molecule has 24 heavy (non-hydrogen) atoms. The van der Waals surface area contributed by atoms with Crippen molar-refractivity contribution in [3.63, 3.8) is 0 Å². The molecule has 3 heterocycles. The largest absolute Gasteiger partial charge is 0.392 e. The van der Waals surface area contributed by atoms with Gasteiger partial charge in [0.1, 0.15) is 5.54 Å². The SMILES string of the molecule is CN1C(=O)[C@@H]2C[C@@H](O)CN2C2(CN(Cc3ccccc3Cl)C2)C1=O. The number of benzene rings is 1. The van der Waals surface area contributed by atoms with Crippen molar-refractivity contribution >= 4 is 23.4 Å². The second-order valence-corrected chi connectivity index (χ2v) is 7.44. The van der Waals surface area contributed by atoms with Gasteiger partial charge in [-0.2, -0.15) is 0 Å². The zero-order valence-corrected chi connectivity index (χ0v) is 14.2. The first kappa shape index (κ1) is 16.0. The summed E-state index contributed by atoms with van der Waals surface area (Å²) in [5.74, 6) is -0.361. The van der Waals surface area contributed by atoms with Crippen molar-refractivity contribution in [2.24, 2.45) is 0 Å². The topological polar surface area (TPSA) is 64.1 Å². The summed E-state index contributed by atoms with van der Waals surface area (Å²) >= 11 is 6.22. The molecule has 6 nitrogen and oxygen atoms in total. The highest BCUT2D eigenvalue weighted by atomic mass is 35.5. The number of likely N-dealkylation sites (tertiary alicyclic amines) is 1. The number of imide groups is 1. The van der Waals surface area contributed by atoms with Gasteiger partial charge < -0.3 is 5.11 Å². The predicted octanol–water partition coefficient (Wildman–Crippen LogP) is 0.328. The van der Waals surface area contributed by atoms with Crippen molar-refractivity contribution in [3.05, 3.63) is 34.9 Å². The summed E-state index contributed by atoms with van der Waals surface area (Å²) in [5, 5.41) is 10.7. The van der Waals surface area contributed by atoms with E-state index < -0.39 is 11.6 Å². The van der Waals surface area contributed by atoms with E-state index in [0.717, 1.165) is 10.6 Å². The van der Waals surface area contributed by atoms with Gasteiger partial charge in [0.05, 0.1) is 12.1 Å². The number of hydrogen-bond acceptors (Lipinski definition) is 5. The lowest BCUT2D eigenvalue weighted by molar-refractivity contribution is -0.178. The second kappa shape index (κ2) is 5.52. The van der Waals surface area contributed by atoms with Gasteiger partial charge in [-0.25, -0.2) is 0 Å². The minimum atomic E-state index is -0.688. The second-order valence-electron chi connectivity index (χ2n) is 7.03. The van der Waals surface area contributed by atoms with Crippen molar-refractivity contribution < 1.29 is 14.7 Å². The summed E-state index contributed by atoms with van der Waals surface area (Å²) in [5.41, 5.74) is 0.339. The van der Waals surface area contributed by atoms with Crippen LogP contribution in [0.5, 0.6) is 0 Å². The normalized spacial score (nSPS) is 29.9. The van der Waals surface area contributed by atoms with Crippen molar-refractivity contribution in [2.75, 3.05) is 26.7 Å². The molecule has 1 N–H and O–H groups in total. The highest BCUT2D eigenvalue weighted by molar-refractivity contribution is 6.31. The molecule has 2 atom stereocenters. The Balaban J connectivity index is 1.54. The Labute approximate surface area is 145 Å². The average Bonchev–Trinajstić information content (AvgIpc) is 2.91. The molecule has 7 heteroatoms. The van der Waals surface area contributed by atoms with Crippen LogP contribution in [0.4, 0.5) is 0 Å². The Kier molecular flexibility index (Phi) is 3.69. The van der Waals surface area contributed by atoms with Crippen LogP contribution < -0.4 is 0 Å². The lowest BCUT2D eigenvalue weighted by Crippen LogP contribution is -2.80. The third-order valence-electron chi connectivity index (χ3n) is 5.47. The van der Waals surface area contributed by atoms with Gasteiger partial charge in [-0.15, -0.1) is 0 Å². The molecule has 3 saturated heterocycles. The van der Waals surface area contributed by atoms with Crippen LogP contribution >= 0.6 is 11.6 Å². The summed E-state index contributed by atoms with van der Waals surface area (Å²) in [6.07, 6.45) is -0.143. The molecule has 0 saturated carbocycles. The van der Waals surface area contributed by atoms with E-state index in [0.29, 0.717) is 32.6 Å². The Hall–Kier alpha value is -1.47. The summed E-state index contributed by atoms with van der Waals surface area (Å²) in [6.45, 7) is 2.17. The van der Waals surface area contributed by atoms with Crippen LogP contribution in [0.2, 0.25) is 5.02 Å². The van der Waals surface area contributed by atoms with Crippen LogP contribution in [0, 0.1) is 0 Å². The number of rotatable bonds is 2. The van der Waals surface area contributed by atoms with E-state index in [1.165, 1.54) is 4.90 Å². The molecular formula is C17H20ClN3O3. The zero-order chi connectivity index (χ0) is 17.1. The molecule has 1 spiro atoms. The van der Waals surface area contributed by atoms with E-state index >= 15 is 0 Å². The van der Waals surface area contributed by atoms with Crippen LogP contribution in [-0.4, -0.2) is 76.0 Å². The van der Waals surface area contributed by atoms with Crippen LogP contribution in [0.1, 0.15) is 12.0 Å². The van der Waals surface area contributed by atoms with Gasteiger partial charge in [-0.1, -0.05) is 29.8 Å². The molecule has 3 aliphatic rings. The highest BCUT2D eigenvalue weighted by Gasteiger charge is 2.63. The minimum Gasteiger partial charge on any atom is -0.392 e. The summed E-state index contributed by atoms with van der Waals surface area (Å²) < 4.78 is 0. The van der Waals surface area contributed by atoms with Crippen LogP contribution in [-0.2, 0) is 16.1 Å². The van der Waals surface area contributed by atoms with E-state index in [1.54, 1.807) is 7.05 Å². The predicted molar refractivity (Wildman–Crippen MR) is 88.4 cm³/mol. The van der Waals surface area contributed by atoms with Crippen molar-refractivity contribution in [3.8, 4) is 0 Å². The molecule has 0 radical (unpaired) electrons. The molecule has 0 unspecified atom stereocenters. The smallest absolute Gasteiger partial charge is 0.252 e. The molecule has 2 amide bonds. The third-order valence-corrected chi connectivity index (χ3v) is 5.84. The maximum absolute atomic E-state index is 12.8. The van der Waals surface area contributed by atoms with E-state index in [-0.39, 0.29) is 17.9 Å². The monoisotopic (exact) mass is 349 g/mol. The van der Waals surface area contributed by atoms with E-state index in [9.17, 15) is 14.7 Å². The number of halogens is 1. The maximum atomic E-state index is 12.8. The lowest BCUT2D eigenvalue weighted by Gasteiger charge is -2.58. The maximum Gasteiger partial charge on any atom is 0.252 e. The molecular weight excluding hydrogens is 330 g/mol. The molecule has 0 aliphatic carbocycles. The van der Waals surface area contributed by atoms with Gasteiger partial charge >= 0.3 is 0 Å². The molecule has 4 rings (SSSR count). The number of carbonyl (C=O) groups is 2. The van der Waals surface area contributed by atoms with Gasteiger partial charge in [0.2, 0.25) is 5.91 Å². The number of fused-ring (bicyclic) bond motifs is 2. The Morgan fingerprint density at radius 2 is 2.00 bits per heavy atom. The zero-order valence-electron chi connectivity index (χ0n) is 13.5. The van der Waals surface area contributed by atoms with Crippen molar-refractivity contribution in [1.82, 2.24) is 14.7 Å². The fourth-order valence-corrected chi connectivity index (χ4v) is 4.46. The van der Waals surface area contributed by atoms with Gasteiger partial charge in [-0.3, -0.25) is 24.3 Å². The van der Waals surface area contributed by atoms with Gasteiger partial charge in [0.15, 0.2) is 0 Å². The number of piperazine rings is 1. The first-order valence-electron chi connectivity index (χ1n) is 8.15. The third kappa shape index (κ3) is 2.21. The Bertz CT molecular complexity index is 704. The summed E-state index contributed by atoms with van der Waals surface area (Å²) in [4.78, 5) is 30.4. The number of hydrogen-bond donors (Lipinski definition) is 1. The molecule has 0 aromatic heterocycles. The van der Waals surface area contributed by atoms with Crippen LogP contribution in [0.15, 0.2) is 24.3 Å². The lowest BCUT2D eigenvalue weighted by atomic mass is 9.82. The van der Waals surface area contributed by atoms with Crippen LogP contribution in [0.3, 0.4) is 0 Å². The molecule has 3 aliphatic heterocycles. The number of β-amino-alcohol motifs (C(OH)–C–C–N with tert-alkyl or cyclic N) is 1. The molecule has 3 fully saturated rings. The van der Waals surface area contributed by atoms with E-state index in [4.69, 9.17) is 11.6 Å². The first-order valence-corrected chi connectivity index (χ1v) is 8.53. The van der Waals surface area contributed by atoms with Gasteiger partial charge in [0, 0.05) is 38.2 Å². The number of nitrogens with zero attached hydrogens (tertiary/aromatic N) is 3. The molecule has 0 bridgehead atoms. The van der Waals surface area contributed by atoms with Crippen LogP contribution in [0.25, 0.3) is 0 Å². The fraction of sp³-hybridized carbons (Fsp3) is 0.529. The standard InChI is InChI=1S/C17H20ClN3O3/c1-19-15(23)14-6-12(22)8-21(14)17(16(19)24)9-20(10-17)7-11-4-2-3-5-13(11)18/h2-5,12,14,22H,6-10H2,1H3/t12-,14+/m1/s1. The first-order chi connectivity index (χ1) is 11.4. The van der Waals surface area contributed by atoms with Gasteiger partial charge in [-0.05, 0) is 18.1 Å². The van der Waals surface area contributed by atoms with Crippen molar-refractivity contribution in [2.45, 2.75) is 30.7 Å². The number of aliphatic hydroxyl groups is 1. The Morgan fingerprint density at radius 1 is 1.29 bits per heavy atom. The highest BCUT2D eigenvalue weighted by Crippen LogP contribution is 2.40. The molecule has 128 valence electrons. The number of carbonyl (C=O) groups excluding carboxylic acids is 2. The Morgan fingerprint density at radius 3 is 2.71 bits per heavy atom. The quantitative estimate of drug-likeness (QED) is 0.779. The van der Waals surface area contributed by atoms with Crippen molar-refractivity contribution in [1.29, 1.82) is 0 Å². The minimum absolute atomic E-state index is 0.159. The summed E-state index contributed by atoms with van der Waals surface area (Å²) in [7, 11) is 1.55. The fourth-order valence-electron chi connectivity index (χ4n) is 4.27. The van der Waals surface area contributed by atoms with E-state index in [2.05, 4.69) is 4.90 Å².